The lowest BCUT2D eigenvalue weighted by Gasteiger charge is -2.24. The minimum absolute atomic E-state index is 0.122. The number of aliphatic hydroxyl groups excluding tert-OH is 1. The second-order valence-electron chi connectivity index (χ2n) is 8.31. The van der Waals surface area contributed by atoms with Crippen molar-refractivity contribution in [2.24, 2.45) is 0 Å². The molecule has 3 aromatic rings. The van der Waals surface area contributed by atoms with Gasteiger partial charge in [-0.1, -0.05) is 31.4 Å². The zero-order valence-electron chi connectivity index (χ0n) is 17.6. The number of rotatable bonds is 6. The van der Waals surface area contributed by atoms with Crippen molar-refractivity contribution in [2.75, 3.05) is 6.61 Å². The maximum Gasteiger partial charge on any atom is 0.573 e. The predicted octanol–water partition coefficient (Wildman–Crippen LogP) is 6.43. The Kier molecular flexibility index (Phi) is 6.43. The fourth-order valence-corrected chi connectivity index (χ4v) is 4.85. The number of halogens is 3. The average molecular weight is 442 g/mol. The number of hydrogen-bond donors (Lipinski definition) is 1. The number of benzene rings is 2. The van der Waals surface area contributed by atoms with Gasteiger partial charge in [-0.3, -0.25) is 0 Å². The van der Waals surface area contributed by atoms with Crippen LogP contribution in [-0.2, 0) is 0 Å². The maximum absolute atomic E-state index is 12.7. The molecule has 168 valence electrons. The molecule has 1 fully saturated rings. The van der Waals surface area contributed by atoms with Crippen LogP contribution in [0.2, 0.25) is 0 Å². The second kappa shape index (κ2) is 9.25. The smallest absolute Gasteiger partial charge is 0.406 e. The van der Waals surface area contributed by atoms with E-state index >= 15 is 0 Å². The Morgan fingerprint density at radius 1 is 1.12 bits per heavy atom. The van der Waals surface area contributed by atoms with Gasteiger partial charge < -0.3 is 14.4 Å². The topological polar surface area (TPSA) is 58.2 Å². The molecular formula is C25H25F3N2O2. The summed E-state index contributed by atoms with van der Waals surface area (Å²) in [5, 5.41) is 20.1. The first-order valence-electron chi connectivity index (χ1n) is 10.9. The number of hydrogen-bond acceptors (Lipinski definition) is 3. The molecule has 1 N–H and O–H groups in total. The van der Waals surface area contributed by atoms with E-state index in [0.717, 1.165) is 42.1 Å². The molecule has 32 heavy (non-hydrogen) atoms. The van der Waals surface area contributed by atoms with Gasteiger partial charge in [0, 0.05) is 35.7 Å². The lowest BCUT2D eigenvalue weighted by Crippen LogP contribution is -2.17. The zero-order chi connectivity index (χ0) is 22.7. The highest BCUT2D eigenvalue weighted by Gasteiger charge is 2.31. The summed E-state index contributed by atoms with van der Waals surface area (Å²) in [7, 11) is 0. The number of nitriles is 1. The third kappa shape index (κ3) is 4.76. The molecule has 0 spiro atoms. The van der Waals surface area contributed by atoms with Gasteiger partial charge in [-0.15, -0.1) is 13.2 Å². The van der Waals surface area contributed by atoms with E-state index < -0.39 is 6.36 Å². The van der Waals surface area contributed by atoms with Crippen molar-refractivity contribution < 1.29 is 23.0 Å². The van der Waals surface area contributed by atoms with Crippen LogP contribution in [0.1, 0.15) is 67.2 Å². The van der Waals surface area contributed by atoms with Gasteiger partial charge in [-0.05, 0) is 60.7 Å². The molecule has 4 nitrogen and oxygen atoms in total. The maximum atomic E-state index is 12.7. The summed E-state index contributed by atoms with van der Waals surface area (Å²) in [4.78, 5) is 0. The first kappa shape index (κ1) is 22.2. The van der Waals surface area contributed by atoms with Crippen LogP contribution < -0.4 is 4.74 Å². The Morgan fingerprint density at radius 3 is 2.59 bits per heavy atom. The van der Waals surface area contributed by atoms with Gasteiger partial charge in [0.25, 0.3) is 0 Å². The molecule has 1 aromatic heterocycles. The molecule has 0 aliphatic heterocycles. The zero-order valence-corrected chi connectivity index (χ0v) is 17.6. The highest BCUT2D eigenvalue weighted by molar-refractivity contribution is 5.86. The molecule has 0 bridgehead atoms. The Morgan fingerprint density at radius 2 is 1.91 bits per heavy atom. The van der Waals surface area contributed by atoms with Gasteiger partial charge in [0.15, 0.2) is 0 Å². The first-order valence-corrected chi connectivity index (χ1v) is 10.9. The quantitative estimate of drug-likeness (QED) is 0.478. The summed E-state index contributed by atoms with van der Waals surface area (Å²) in [6.07, 6.45) is 3.32. The van der Waals surface area contributed by atoms with Crippen molar-refractivity contribution in [3.05, 3.63) is 65.4 Å². The Labute approximate surface area is 184 Å². The summed E-state index contributed by atoms with van der Waals surface area (Å²) in [6.45, 7) is -0.122. The van der Waals surface area contributed by atoms with Crippen molar-refractivity contribution in [3.63, 3.8) is 0 Å². The fraction of sp³-hybridized carbons (Fsp3) is 0.400. The number of alkyl halides is 3. The molecule has 1 atom stereocenters. The minimum Gasteiger partial charge on any atom is -0.406 e. The van der Waals surface area contributed by atoms with Gasteiger partial charge in [0.1, 0.15) is 5.75 Å². The average Bonchev–Trinajstić information content (AvgIpc) is 3.15. The van der Waals surface area contributed by atoms with Crippen LogP contribution in [0.15, 0.2) is 48.7 Å². The Balaban J connectivity index is 1.83. The number of nitrogens with zero attached hydrogens (tertiary/aromatic N) is 2. The van der Waals surface area contributed by atoms with Crippen LogP contribution >= 0.6 is 0 Å². The van der Waals surface area contributed by atoms with E-state index in [9.17, 15) is 23.5 Å². The molecule has 1 aliphatic rings. The second-order valence-corrected chi connectivity index (χ2v) is 8.31. The molecule has 0 radical (unpaired) electrons. The first-order chi connectivity index (χ1) is 15.4. The van der Waals surface area contributed by atoms with Crippen molar-refractivity contribution in [2.45, 2.75) is 56.8 Å². The van der Waals surface area contributed by atoms with Crippen LogP contribution in [0.3, 0.4) is 0 Å². The van der Waals surface area contributed by atoms with Gasteiger partial charge in [-0.25, -0.2) is 0 Å². The van der Waals surface area contributed by atoms with Crippen LogP contribution in [0.4, 0.5) is 13.2 Å². The van der Waals surface area contributed by atoms with E-state index in [1.807, 2.05) is 12.1 Å². The largest absolute Gasteiger partial charge is 0.573 e. The van der Waals surface area contributed by atoms with Gasteiger partial charge >= 0.3 is 6.36 Å². The van der Waals surface area contributed by atoms with E-state index in [0.29, 0.717) is 23.6 Å². The Bertz CT molecular complexity index is 1120. The highest BCUT2D eigenvalue weighted by atomic mass is 19.4. The fourth-order valence-electron chi connectivity index (χ4n) is 4.85. The van der Waals surface area contributed by atoms with Crippen molar-refractivity contribution in [1.29, 1.82) is 5.26 Å². The molecule has 0 amide bonds. The minimum atomic E-state index is -4.77. The number of aliphatic hydroxyl groups is 1. The molecule has 1 unspecified atom stereocenters. The van der Waals surface area contributed by atoms with E-state index in [-0.39, 0.29) is 18.3 Å². The molecule has 1 saturated carbocycles. The van der Waals surface area contributed by atoms with E-state index in [4.69, 9.17) is 0 Å². The lowest BCUT2D eigenvalue weighted by molar-refractivity contribution is -0.274. The van der Waals surface area contributed by atoms with E-state index in [1.54, 1.807) is 12.1 Å². The number of aromatic nitrogens is 1. The summed E-state index contributed by atoms with van der Waals surface area (Å²) < 4.78 is 44.6. The summed E-state index contributed by atoms with van der Waals surface area (Å²) in [6, 6.07) is 14.0. The van der Waals surface area contributed by atoms with Crippen LogP contribution in [-0.4, -0.2) is 22.6 Å². The van der Waals surface area contributed by atoms with Crippen molar-refractivity contribution in [1.82, 2.24) is 4.57 Å². The Hall–Kier alpha value is -2.98. The van der Waals surface area contributed by atoms with Crippen LogP contribution in [0.5, 0.6) is 5.75 Å². The standard InChI is InChI=1S/C25H25F3N2O2/c26-25(27,28)32-20-8-4-5-18(14-20)21(11-12-31)23-16-30(19-6-2-1-3-7-19)24-10-9-17(15-29)13-22(23)24/h4-5,8-10,13-14,16,19,21,31H,1-3,6-7,11-12H2. The SMILES string of the molecule is N#Cc1ccc2c(c1)c(C(CCO)c1cccc(OC(F)(F)F)c1)cn2C1CCCCC1. The van der Waals surface area contributed by atoms with E-state index in [2.05, 4.69) is 21.6 Å². The molecule has 1 heterocycles. The van der Waals surface area contributed by atoms with Gasteiger partial charge in [0.05, 0.1) is 11.6 Å². The van der Waals surface area contributed by atoms with Crippen molar-refractivity contribution >= 4 is 10.9 Å². The normalized spacial score (nSPS) is 16.1. The van der Waals surface area contributed by atoms with Gasteiger partial charge in [-0.2, -0.15) is 5.26 Å². The molecule has 1 aliphatic carbocycles. The summed E-state index contributed by atoms with van der Waals surface area (Å²) in [5.74, 6) is -0.621. The van der Waals surface area contributed by atoms with Gasteiger partial charge in [0.2, 0.25) is 0 Å². The molecule has 0 saturated heterocycles. The van der Waals surface area contributed by atoms with Crippen LogP contribution in [0.25, 0.3) is 10.9 Å². The number of ether oxygens (including phenoxy) is 1. The molecular weight excluding hydrogens is 417 g/mol. The van der Waals surface area contributed by atoms with E-state index in [1.165, 1.54) is 24.6 Å². The summed E-state index contributed by atoms with van der Waals surface area (Å²) >= 11 is 0. The molecule has 7 heteroatoms. The molecule has 4 rings (SSSR count). The predicted molar refractivity (Wildman–Crippen MR) is 115 cm³/mol. The highest BCUT2D eigenvalue weighted by Crippen LogP contribution is 2.40. The molecule has 2 aromatic carbocycles. The third-order valence-corrected chi connectivity index (χ3v) is 6.25. The van der Waals surface area contributed by atoms with Crippen molar-refractivity contribution in [3.8, 4) is 11.8 Å². The summed E-state index contributed by atoms with van der Waals surface area (Å²) in [5.41, 5.74) is 3.07. The third-order valence-electron chi connectivity index (χ3n) is 6.25. The van der Waals surface area contributed by atoms with Crippen LogP contribution in [0, 0.1) is 11.3 Å². The number of fused-ring (bicyclic) bond motifs is 1. The lowest BCUT2D eigenvalue weighted by atomic mass is 9.88. The monoisotopic (exact) mass is 442 g/mol.